The van der Waals surface area contributed by atoms with Crippen molar-refractivity contribution < 1.29 is 4.74 Å². The van der Waals surface area contributed by atoms with Gasteiger partial charge in [-0.2, -0.15) is 0 Å². The highest BCUT2D eigenvalue weighted by molar-refractivity contribution is 7.09. The van der Waals surface area contributed by atoms with E-state index in [4.69, 9.17) is 4.74 Å². The summed E-state index contributed by atoms with van der Waals surface area (Å²) < 4.78 is 5.54. The Morgan fingerprint density at radius 3 is 2.58 bits per heavy atom. The highest BCUT2D eigenvalue weighted by atomic mass is 32.1. The Morgan fingerprint density at radius 2 is 1.96 bits per heavy atom. The fourth-order valence-electron chi connectivity index (χ4n) is 2.92. The van der Waals surface area contributed by atoms with Gasteiger partial charge in [0.1, 0.15) is 5.75 Å². The first kappa shape index (κ1) is 20.3. The van der Waals surface area contributed by atoms with Gasteiger partial charge in [0.25, 0.3) is 0 Å². The Labute approximate surface area is 161 Å². The Kier molecular flexibility index (Phi) is 7.94. The number of nitrogens with zero attached hydrogens (tertiary/aromatic N) is 3. The van der Waals surface area contributed by atoms with E-state index in [0.717, 1.165) is 31.2 Å². The number of methoxy groups -OCH3 is 1. The van der Waals surface area contributed by atoms with Crippen molar-refractivity contribution in [2.45, 2.75) is 12.5 Å². The predicted molar refractivity (Wildman–Crippen MR) is 111 cm³/mol. The van der Waals surface area contributed by atoms with Gasteiger partial charge < -0.3 is 19.9 Å². The Bertz CT molecular complexity index is 685. The number of guanidine groups is 1. The SMILES string of the molecule is CN=C(NCC(c1ccccc1OC)N(C)C)N(C)CCc1cccs1. The van der Waals surface area contributed by atoms with E-state index in [1.165, 1.54) is 10.4 Å². The van der Waals surface area contributed by atoms with Gasteiger partial charge >= 0.3 is 0 Å². The number of rotatable bonds is 8. The van der Waals surface area contributed by atoms with E-state index < -0.39 is 0 Å². The molecule has 0 spiro atoms. The molecule has 1 aromatic heterocycles. The van der Waals surface area contributed by atoms with E-state index in [9.17, 15) is 0 Å². The van der Waals surface area contributed by atoms with Gasteiger partial charge in [0.05, 0.1) is 13.2 Å². The molecule has 1 unspecified atom stereocenters. The molecular weight excluding hydrogens is 344 g/mol. The Balaban J connectivity index is 1.99. The van der Waals surface area contributed by atoms with E-state index in [2.05, 4.69) is 70.9 Å². The number of thiophene rings is 1. The lowest BCUT2D eigenvalue weighted by Gasteiger charge is -2.29. The standard InChI is InChI=1S/C20H30N4OS/c1-21-20(24(4)13-12-16-9-8-14-26-16)22-15-18(23(2)3)17-10-6-7-11-19(17)25-5/h6-11,14,18H,12-13,15H2,1-5H3,(H,21,22). The van der Waals surface area contributed by atoms with E-state index in [1.54, 1.807) is 18.4 Å². The van der Waals surface area contributed by atoms with Crippen molar-refractivity contribution in [2.75, 3.05) is 48.4 Å². The molecule has 0 aliphatic heterocycles. The van der Waals surface area contributed by atoms with Crippen LogP contribution in [0, 0.1) is 0 Å². The third kappa shape index (κ3) is 5.47. The lowest BCUT2D eigenvalue weighted by molar-refractivity contribution is 0.285. The van der Waals surface area contributed by atoms with Crippen LogP contribution < -0.4 is 10.1 Å². The monoisotopic (exact) mass is 374 g/mol. The zero-order chi connectivity index (χ0) is 18.9. The maximum absolute atomic E-state index is 5.54. The van der Waals surface area contributed by atoms with E-state index >= 15 is 0 Å². The summed E-state index contributed by atoms with van der Waals surface area (Å²) in [7, 11) is 9.80. The third-order valence-electron chi connectivity index (χ3n) is 4.42. The molecule has 1 N–H and O–H groups in total. The molecule has 6 heteroatoms. The molecule has 0 fully saturated rings. The van der Waals surface area contributed by atoms with Crippen molar-refractivity contribution in [3.05, 3.63) is 52.2 Å². The summed E-state index contributed by atoms with van der Waals surface area (Å²) in [6.07, 6.45) is 1.03. The van der Waals surface area contributed by atoms with E-state index in [0.29, 0.717) is 0 Å². The molecule has 0 amide bonds. The number of hydrogen-bond acceptors (Lipinski definition) is 4. The second-order valence-electron chi connectivity index (χ2n) is 6.40. The van der Waals surface area contributed by atoms with Crippen molar-refractivity contribution in [3.8, 4) is 5.75 Å². The van der Waals surface area contributed by atoms with Gasteiger partial charge in [-0.3, -0.25) is 4.99 Å². The molecule has 1 heterocycles. The molecule has 0 radical (unpaired) electrons. The minimum Gasteiger partial charge on any atom is -0.496 e. The van der Waals surface area contributed by atoms with E-state index in [-0.39, 0.29) is 6.04 Å². The fraction of sp³-hybridized carbons (Fsp3) is 0.450. The van der Waals surface area contributed by atoms with Crippen LogP contribution in [-0.4, -0.2) is 64.1 Å². The van der Waals surface area contributed by atoms with Crippen LogP contribution in [0.3, 0.4) is 0 Å². The van der Waals surface area contributed by atoms with Crippen molar-refractivity contribution in [3.63, 3.8) is 0 Å². The largest absolute Gasteiger partial charge is 0.496 e. The lowest BCUT2D eigenvalue weighted by atomic mass is 10.0. The normalized spacial score (nSPS) is 12.9. The summed E-state index contributed by atoms with van der Waals surface area (Å²) in [4.78, 5) is 10.2. The summed E-state index contributed by atoms with van der Waals surface area (Å²) in [5.74, 6) is 1.82. The molecular formula is C20H30N4OS. The third-order valence-corrected chi connectivity index (χ3v) is 5.36. The summed E-state index contributed by atoms with van der Waals surface area (Å²) in [5, 5.41) is 5.63. The zero-order valence-corrected chi connectivity index (χ0v) is 17.2. The van der Waals surface area contributed by atoms with Crippen LogP contribution in [0.2, 0.25) is 0 Å². The molecule has 5 nitrogen and oxygen atoms in total. The van der Waals surface area contributed by atoms with Crippen LogP contribution in [-0.2, 0) is 6.42 Å². The second-order valence-corrected chi connectivity index (χ2v) is 7.43. The molecule has 2 rings (SSSR count). The maximum atomic E-state index is 5.54. The van der Waals surface area contributed by atoms with Crippen LogP contribution in [0.5, 0.6) is 5.75 Å². The van der Waals surface area contributed by atoms with Crippen molar-refractivity contribution in [2.24, 2.45) is 4.99 Å². The number of likely N-dealkylation sites (N-methyl/N-ethyl adjacent to an activating group) is 2. The molecule has 2 aromatic rings. The minimum atomic E-state index is 0.189. The highest BCUT2D eigenvalue weighted by Crippen LogP contribution is 2.27. The summed E-state index contributed by atoms with van der Waals surface area (Å²) in [5.41, 5.74) is 1.17. The van der Waals surface area contributed by atoms with Gasteiger partial charge in [-0.1, -0.05) is 24.3 Å². The number of ether oxygens (including phenoxy) is 1. The quantitative estimate of drug-likeness (QED) is 0.569. The van der Waals surface area contributed by atoms with Crippen LogP contribution in [0.25, 0.3) is 0 Å². The second kappa shape index (κ2) is 10.2. The first-order valence-corrected chi connectivity index (χ1v) is 9.68. The van der Waals surface area contributed by atoms with Gasteiger partial charge in [-0.25, -0.2) is 0 Å². The van der Waals surface area contributed by atoms with Gasteiger partial charge in [-0.05, 0) is 38.0 Å². The van der Waals surface area contributed by atoms with Crippen LogP contribution >= 0.6 is 11.3 Å². The van der Waals surface area contributed by atoms with Crippen LogP contribution in [0.4, 0.5) is 0 Å². The van der Waals surface area contributed by atoms with Crippen molar-refractivity contribution in [1.82, 2.24) is 15.1 Å². The van der Waals surface area contributed by atoms with Gasteiger partial charge in [0.15, 0.2) is 5.96 Å². The van der Waals surface area contributed by atoms with Crippen LogP contribution in [0.15, 0.2) is 46.8 Å². The molecule has 0 aliphatic rings. The number of hydrogen-bond donors (Lipinski definition) is 1. The van der Waals surface area contributed by atoms with Gasteiger partial charge in [0.2, 0.25) is 0 Å². The fourth-order valence-corrected chi connectivity index (χ4v) is 3.62. The van der Waals surface area contributed by atoms with Crippen LogP contribution in [0.1, 0.15) is 16.5 Å². The lowest BCUT2D eigenvalue weighted by Crippen LogP contribution is -2.43. The molecule has 0 bridgehead atoms. The number of para-hydroxylation sites is 1. The minimum absolute atomic E-state index is 0.189. The van der Waals surface area contributed by atoms with Crippen molar-refractivity contribution in [1.29, 1.82) is 0 Å². The molecule has 142 valence electrons. The number of nitrogens with one attached hydrogen (secondary N) is 1. The molecule has 0 aliphatic carbocycles. The topological polar surface area (TPSA) is 40.1 Å². The number of aliphatic imine (C=N–C) groups is 1. The predicted octanol–water partition coefficient (Wildman–Crippen LogP) is 3.11. The summed E-state index contributed by atoms with van der Waals surface area (Å²) >= 11 is 1.80. The molecule has 1 aromatic carbocycles. The maximum Gasteiger partial charge on any atom is 0.193 e. The first-order valence-electron chi connectivity index (χ1n) is 8.80. The summed E-state index contributed by atoms with van der Waals surface area (Å²) in [6, 6.07) is 12.6. The molecule has 1 atom stereocenters. The smallest absolute Gasteiger partial charge is 0.193 e. The molecule has 0 saturated carbocycles. The first-order chi connectivity index (χ1) is 12.6. The average Bonchev–Trinajstić information content (AvgIpc) is 3.16. The van der Waals surface area contributed by atoms with Crippen molar-refractivity contribution >= 4 is 17.3 Å². The summed E-state index contributed by atoms with van der Waals surface area (Å²) in [6.45, 7) is 1.69. The molecule has 26 heavy (non-hydrogen) atoms. The zero-order valence-electron chi connectivity index (χ0n) is 16.4. The van der Waals surface area contributed by atoms with Gasteiger partial charge in [-0.15, -0.1) is 11.3 Å². The van der Waals surface area contributed by atoms with Gasteiger partial charge in [0, 0.05) is 37.6 Å². The Morgan fingerprint density at radius 1 is 1.19 bits per heavy atom. The Hall–Kier alpha value is -2.05. The highest BCUT2D eigenvalue weighted by Gasteiger charge is 2.19. The van der Waals surface area contributed by atoms with E-state index in [1.807, 2.05) is 19.2 Å². The number of benzene rings is 1. The average molecular weight is 375 g/mol. The molecule has 0 saturated heterocycles.